The second-order valence-electron chi connectivity index (χ2n) is 6.14. The molecule has 1 aromatic carbocycles. The molecule has 0 spiro atoms. The van der Waals surface area contributed by atoms with Crippen molar-refractivity contribution in [3.8, 4) is 0 Å². The standard InChI is InChI=1S/C18H30N2/c1-2-20(18-12-6-10-17(14-18)15-19)13-7-11-16-8-4-3-5-9-16/h3-5,8-9,17-18H,2,6-7,10-15,19H2,1H3. The lowest BCUT2D eigenvalue weighted by molar-refractivity contribution is 0.136. The van der Waals surface area contributed by atoms with Crippen LogP contribution in [0.2, 0.25) is 0 Å². The highest BCUT2D eigenvalue weighted by molar-refractivity contribution is 5.14. The van der Waals surface area contributed by atoms with Crippen molar-refractivity contribution in [3.63, 3.8) is 0 Å². The predicted octanol–water partition coefficient (Wildman–Crippen LogP) is 3.46. The number of nitrogens with zero attached hydrogens (tertiary/aromatic N) is 1. The van der Waals surface area contributed by atoms with Crippen LogP contribution >= 0.6 is 0 Å². The molecule has 1 aromatic rings. The van der Waals surface area contributed by atoms with Gasteiger partial charge in [0.2, 0.25) is 0 Å². The van der Waals surface area contributed by atoms with Crippen LogP contribution in [0.5, 0.6) is 0 Å². The molecule has 20 heavy (non-hydrogen) atoms. The largest absolute Gasteiger partial charge is 0.330 e. The molecule has 0 aliphatic heterocycles. The molecule has 2 heteroatoms. The van der Waals surface area contributed by atoms with Crippen LogP contribution in [0.3, 0.4) is 0 Å². The Morgan fingerprint density at radius 3 is 2.70 bits per heavy atom. The van der Waals surface area contributed by atoms with Crippen LogP contribution in [0, 0.1) is 5.92 Å². The van der Waals surface area contributed by atoms with Gasteiger partial charge >= 0.3 is 0 Å². The molecule has 0 saturated heterocycles. The van der Waals surface area contributed by atoms with Crippen molar-refractivity contribution in [1.82, 2.24) is 4.90 Å². The number of benzene rings is 1. The first-order valence-corrected chi connectivity index (χ1v) is 8.31. The fourth-order valence-electron chi connectivity index (χ4n) is 3.54. The van der Waals surface area contributed by atoms with E-state index < -0.39 is 0 Å². The summed E-state index contributed by atoms with van der Waals surface area (Å²) < 4.78 is 0. The van der Waals surface area contributed by atoms with Gasteiger partial charge in [0.25, 0.3) is 0 Å². The first-order valence-electron chi connectivity index (χ1n) is 8.31. The molecule has 1 aliphatic carbocycles. The van der Waals surface area contributed by atoms with Gasteiger partial charge < -0.3 is 10.6 Å². The summed E-state index contributed by atoms with van der Waals surface area (Å²) in [4.78, 5) is 2.69. The summed E-state index contributed by atoms with van der Waals surface area (Å²) >= 11 is 0. The van der Waals surface area contributed by atoms with Crippen LogP contribution in [0.1, 0.15) is 44.6 Å². The van der Waals surface area contributed by atoms with Gasteiger partial charge in [-0.05, 0) is 63.2 Å². The Bertz CT molecular complexity index is 363. The molecule has 2 atom stereocenters. The van der Waals surface area contributed by atoms with Crippen LogP contribution in [-0.2, 0) is 6.42 Å². The van der Waals surface area contributed by atoms with E-state index in [1.165, 1.54) is 57.2 Å². The average molecular weight is 274 g/mol. The van der Waals surface area contributed by atoms with E-state index in [4.69, 9.17) is 5.73 Å². The average Bonchev–Trinajstić information content (AvgIpc) is 2.52. The molecular formula is C18H30N2. The summed E-state index contributed by atoms with van der Waals surface area (Å²) in [7, 11) is 0. The Kier molecular flexibility index (Phi) is 6.55. The lowest BCUT2D eigenvalue weighted by Gasteiger charge is -2.36. The van der Waals surface area contributed by atoms with Crippen molar-refractivity contribution >= 4 is 0 Å². The van der Waals surface area contributed by atoms with Crippen LogP contribution in [0.15, 0.2) is 30.3 Å². The summed E-state index contributed by atoms with van der Waals surface area (Å²) in [6.07, 6.45) is 7.85. The molecule has 0 bridgehead atoms. The third-order valence-corrected chi connectivity index (χ3v) is 4.76. The lowest BCUT2D eigenvalue weighted by atomic mass is 9.85. The zero-order valence-electron chi connectivity index (χ0n) is 12.9. The van der Waals surface area contributed by atoms with Crippen molar-refractivity contribution < 1.29 is 0 Å². The molecule has 0 amide bonds. The smallest absolute Gasteiger partial charge is 0.00982 e. The van der Waals surface area contributed by atoms with Crippen molar-refractivity contribution in [3.05, 3.63) is 35.9 Å². The zero-order valence-corrected chi connectivity index (χ0v) is 12.9. The Balaban J connectivity index is 1.77. The van der Waals surface area contributed by atoms with Gasteiger partial charge in [0.05, 0.1) is 0 Å². The van der Waals surface area contributed by atoms with E-state index in [9.17, 15) is 0 Å². The normalized spacial score (nSPS) is 23.1. The Hall–Kier alpha value is -0.860. The number of hydrogen-bond donors (Lipinski definition) is 1. The maximum atomic E-state index is 5.86. The van der Waals surface area contributed by atoms with Crippen molar-refractivity contribution in [2.75, 3.05) is 19.6 Å². The van der Waals surface area contributed by atoms with E-state index in [2.05, 4.69) is 42.2 Å². The molecule has 2 N–H and O–H groups in total. The molecular weight excluding hydrogens is 244 g/mol. The first kappa shape index (κ1) is 15.5. The number of nitrogens with two attached hydrogens (primary N) is 1. The van der Waals surface area contributed by atoms with Crippen LogP contribution < -0.4 is 5.73 Å². The second-order valence-corrected chi connectivity index (χ2v) is 6.14. The van der Waals surface area contributed by atoms with Gasteiger partial charge in [0, 0.05) is 6.04 Å². The highest BCUT2D eigenvalue weighted by Crippen LogP contribution is 2.27. The van der Waals surface area contributed by atoms with Gasteiger partial charge in [-0.2, -0.15) is 0 Å². The van der Waals surface area contributed by atoms with E-state index in [1.807, 2.05) is 0 Å². The van der Waals surface area contributed by atoms with E-state index in [-0.39, 0.29) is 0 Å². The van der Waals surface area contributed by atoms with E-state index in [0.29, 0.717) is 0 Å². The van der Waals surface area contributed by atoms with E-state index in [0.717, 1.165) is 18.5 Å². The lowest BCUT2D eigenvalue weighted by Crippen LogP contribution is -2.40. The van der Waals surface area contributed by atoms with Crippen molar-refractivity contribution in [2.45, 2.75) is 51.5 Å². The van der Waals surface area contributed by atoms with E-state index >= 15 is 0 Å². The zero-order chi connectivity index (χ0) is 14.2. The van der Waals surface area contributed by atoms with Crippen molar-refractivity contribution in [1.29, 1.82) is 0 Å². The first-order chi connectivity index (χ1) is 9.83. The maximum absolute atomic E-state index is 5.86. The van der Waals surface area contributed by atoms with Crippen LogP contribution in [0.4, 0.5) is 0 Å². The SMILES string of the molecule is CCN(CCCc1ccccc1)C1CCCC(CN)C1. The number of aryl methyl sites for hydroxylation is 1. The summed E-state index contributed by atoms with van der Waals surface area (Å²) in [5.74, 6) is 0.761. The molecule has 1 aliphatic rings. The minimum Gasteiger partial charge on any atom is -0.330 e. The third kappa shape index (κ3) is 4.60. The fraction of sp³-hybridized carbons (Fsp3) is 0.667. The molecule has 2 rings (SSSR count). The van der Waals surface area contributed by atoms with Crippen LogP contribution in [0.25, 0.3) is 0 Å². The van der Waals surface area contributed by atoms with Crippen LogP contribution in [-0.4, -0.2) is 30.6 Å². The van der Waals surface area contributed by atoms with Crippen molar-refractivity contribution in [2.24, 2.45) is 11.7 Å². The highest BCUT2D eigenvalue weighted by atomic mass is 15.1. The predicted molar refractivity (Wildman–Crippen MR) is 86.8 cm³/mol. The van der Waals surface area contributed by atoms with Gasteiger partial charge in [-0.3, -0.25) is 0 Å². The number of rotatable bonds is 7. The summed E-state index contributed by atoms with van der Waals surface area (Å²) in [6, 6.07) is 11.6. The molecule has 0 heterocycles. The number of hydrogen-bond acceptors (Lipinski definition) is 2. The minimum absolute atomic E-state index is 0.761. The van der Waals surface area contributed by atoms with Gasteiger partial charge in [-0.15, -0.1) is 0 Å². The quantitative estimate of drug-likeness (QED) is 0.825. The Labute approximate surface area is 124 Å². The highest BCUT2D eigenvalue weighted by Gasteiger charge is 2.24. The van der Waals surface area contributed by atoms with Gasteiger partial charge in [0.1, 0.15) is 0 Å². The summed E-state index contributed by atoms with van der Waals surface area (Å²) in [5, 5.41) is 0. The fourth-order valence-corrected chi connectivity index (χ4v) is 3.54. The maximum Gasteiger partial charge on any atom is 0.00982 e. The Morgan fingerprint density at radius 2 is 2.00 bits per heavy atom. The second kappa shape index (κ2) is 8.43. The van der Waals surface area contributed by atoms with E-state index in [1.54, 1.807) is 0 Å². The Morgan fingerprint density at radius 1 is 1.20 bits per heavy atom. The molecule has 112 valence electrons. The molecule has 1 fully saturated rings. The summed E-state index contributed by atoms with van der Waals surface area (Å²) in [5.41, 5.74) is 7.33. The third-order valence-electron chi connectivity index (χ3n) is 4.76. The minimum atomic E-state index is 0.761. The molecule has 2 nitrogen and oxygen atoms in total. The molecule has 0 aromatic heterocycles. The van der Waals surface area contributed by atoms with Gasteiger partial charge in [-0.1, -0.05) is 43.7 Å². The molecule has 2 unspecified atom stereocenters. The van der Waals surface area contributed by atoms with Gasteiger partial charge in [-0.25, -0.2) is 0 Å². The molecule has 0 radical (unpaired) electrons. The molecule has 1 saturated carbocycles. The summed E-state index contributed by atoms with van der Waals surface area (Å²) in [6.45, 7) is 5.58. The topological polar surface area (TPSA) is 29.3 Å². The monoisotopic (exact) mass is 274 g/mol. The van der Waals surface area contributed by atoms with Gasteiger partial charge in [0.15, 0.2) is 0 Å².